The molecule has 0 radical (unpaired) electrons. The molecule has 0 saturated carbocycles. The smallest absolute Gasteiger partial charge is 0.275 e. The standard InChI is InChI=1S/C11H10FN3O2/c1-7-6-14(2)13-11(7)8-4-3-5-9(10(8)12)15(16)17/h3-6H,1-2H3. The van der Waals surface area contributed by atoms with Crippen LogP contribution in [-0.4, -0.2) is 14.7 Å². The molecule has 0 aliphatic rings. The molecule has 0 unspecified atom stereocenters. The fourth-order valence-electron chi connectivity index (χ4n) is 1.72. The van der Waals surface area contributed by atoms with E-state index in [2.05, 4.69) is 5.10 Å². The third-order valence-corrected chi connectivity index (χ3v) is 2.44. The molecule has 0 spiro atoms. The lowest BCUT2D eigenvalue weighted by Gasteiger charge is -2.01. The van der Waals surface area contributed by atoms with Crippen molar-refractivity contribution in [3.8, 4) is 11.3 Å². The van der Waals surface area contributed by atoms with Crippen LogP contribution < -0.4 is 0 Å². The molecule has 88 valence electrons. The lowest BCUT2D eigenvalue weighted by Crippen LogP contribution is -1.96. The Labute approximate surface area is 96.6 Å². The van der Waals surface area contributed by atoms with Gasteiger partial charge in [-0.25, -0.2) is 0 Å². The summed E-state index contributed by atoms with van der Waals surface area (Å²) in [6, 6.07) is 4.07. The third kappa shape index (κ3) is 1.89. The van der Waals surface area contributed by atoms with Crippen molar-refractivity contribution >= 4 is 5.69 Å². The Bertz CT molecular complexity index is 592. The first-order valence-electron chi connectivity index (χ1n) is 4.94. The lowest BCUT2D eigenvalue weighted by molar-refractivity contribution is -0.387. The minimum atomic E-state index is -0.848. The Hall–Kier alpha value is -2.24. The van der Waals surface area contributed by atoms with Crippen LogP contribution in [-0.2, 0) is 7.05 Å². The van der Waals surface area contributed by atoms with Crippen molar-refractivity contribution in [1.82, 2.24) is 9.78 Å². The molecule has 0 aliphatic carbocycles. The molecular weight excluding hydrogens is 225 g/mol. The van der Waals surface area contributed by atoms with E-state index in [1.165, 1.54) is 12.1 Å². The highest BCUT2D eigenvalue weighted by Crippen LogP contribution is 2.29. The summed E-state index contributed by atoms with van der Waals surface area (Å²) in [6.07, 6.45) is 1.73. The van der Waals surface area contributed by atoms with E-state index in [4.69, 9.17) is 0 Å². The summed E-state index contributed by atoms with van der Waals surface area (Å²) in [5.41, 5.74) is 0.811. The van der Waals surface area contributed by atoms with E-state index in [0.29, 0.717) is 5.69 Å². The summed E-state index contributed by atoms with van der Waals surface area (Å²) in [5.74, 6) is -0.848. The molecule has 2 rings (SSSR count). The van der Waals surface area contributed by atoms with Gasteiger partial charge < -0.3 is 0 Å². The van der Waals surface area contributed by atoms with Gasteiger partial charge in [0.05, 0.1) is 10.6 Å². The highest BCUT2D eigenvalue weighted by Gasteiger charge is 2.20. The number of aryl methyl sites for hydroxylation is 2. The van der Waals surface area contributed by atoms with E-state index < -0.39 is 16.4 Å². The van der Waals surface area contributed by atoms with E-state index in [1.54, 1.807) is 24.9 Å². The first-order valence-corrected chi connectivity index (χ1v) is 4.94. The van der Waals surface area contributed by atoms with Crippen molar-refractivity contribution in [2.24, 2.45) is 7.05 Å². The summed E-state index contributed by atoms with van der Waals surface area (Å²) in [4.78, 5) is 9.90. The fourth-order valence-corrected chi connectivity index (χ4v) is 1.72. The molecule has 0 saturated heterocycles. The third-order valence-electron chi connectivity index (χ3n) is 2.44. The maximum Gasteiger partial charge on any atom is 0.305 e. The maximum absolute atomic E-state index is 13.9. The number of rotatable bonds is 2. The van der Waals surface area contributed by atoms with Gasteiger partial charge in [-0.3, -0.25) is 14.8 Å². The number of benzene rings is 1. The van der Waals surface area contributed by atoms with Gasteiger partial charge >= 0.3 is 5.69 Å². The van der Waals surface area contributed by atoms with Crippen LogP contribution >= 0.6 is 0 Å². The number of nitro groups is 1. The van der Waals surface area contributed by atoms with Crippen molar-refractivity contribution in [3.63, 3.8) is 0 Å². The molecule has 6 heteroatoms. The zero-order valence-corrected chi connectivity index (χ0v) is 9.35. The SMILES string of the molecule is Cc1cn(C)nc1-c1cccc([N+](=O)[O-])c1F. The van der Waals surface area contributed by atoms with E-state index in [-0.39, 0.29) is 5.56 Å². The van der Waals surface area contributed by atoms with Crippen LogP contribution in [0.2, 0.25) is 0 Å². The average molecular weight is 235 g/mol. The summed E-state index contributed by atoms with van der Waals surface area (Å²) >= 11 is 0. The Balaban J connectivity index is 2.64. The van der Waals surface area contributed by atoms with E-state index in [9.17, 15) is 14.5 Å². The first-order chi connectivity index (χ1) is 8.00. The summed E-state index contributed by atoms with van der Waals surface area (Å²) in [7, 11) is 1.71. The maximum atomic E-state index is 13.9. The van der Waals surface area contributed by atoms with Crippen LogP contribution in [0.1, 0.15) is 5.56 Å². The van der Waals surface area contributed by atoms with Crippen molar-refractivity contribution < 1.29 is 9.31 Å². The molecule has 1 aromatic heterocycles. The van der Waals surface area contributed by atoms with Gasteiger partial charge in [0.1, 0.15) is 0 Å². The van der Waals surface area contributed by atoms with Crippen LogP contribution in [0, 0.1) is 22.9 Å². The van der Waals surface area contributed by atoms with Crippen LogP contribution in [0.15, 0.2) is 24.4 Å². The minimum Gasteiger partial charge on any atom is -0.275 e. The Morgan fingerprint density at radius 3 is 2.71 bits per heavy atom. The number of nitrogens with zero attached hydrogens (tertiary/aromatic N) is 3. The Kier molecular flexibility index (Phi) is 2.63. The second kappa shape index (κ2) is 3.97. The van der Waals surface area contributed by atoms with Crippen LogP contribution in [0.5, 0.6) is 0 Å². The van der Waals surface area contributed by atoms with Gasteiger partial charge in [-0.2, -0.15) is 9.49 Å². The predicted molar refractivity (Wildman–Crippen MR) is 60.0 cm³/mol. The highest BCUT2D eigenvalue weighted by atomic mass is 19.1. The van der Waals surface area contributed by atoms with Gasteiger partial charge in [0.2, 0.25) is 5.82 Å². The van der Waals surface area contributed by atoms with Crippen molar-refractivity contribution in [2.45, 2.75) is 6.92 Å². The summed E-state index contributed by atoms with van der Waals surface area (Å²) < 4.78 is 15.5. The molecule has 0 atom stereocenters. The molecular formula is C11H10FN3O2. The number of hydrogen-bond donors (Lipinski definition) is 0. The molecule has 0 bridgehead atoms. The predicted octanol–water partition coefficient (Wildman–Crippen LogP) is 2.44. The van der Waals surface area contributed by atoms with E-state index in [0.717, 1.165) is 11.6 Å². The topological polar surface area (TPSA) is 61.0 Å². The number of hydrogen-bond acceptors (Lipinski definition) is 3. The summed E-state index contributed by atoms with van der Waals surface area (Å²) in [6.45, 7) is 1.78. The van der Waals surface area contributed by atoms with E-state index in [1.807, 2.05) is 0 Å². The normalized spacial score (nSPS) is 10.5. The monoisotopic (exact) mass is 235 g/mol. The Morgan fingerprint density at radius 2 is 2.18 bits per heavy atom. The number of aromatic nitrogens is 2. The van der Waals surface area contributed by atoms with Gasteiger partial charge in [0, 0.05) is 24.9 Å². The lowest BCUT2D eigenvalue weighted by atomic mass is 10.1. The Morgan fingerprint density at radius 1 is 1.47 bits per heavy atom. The molecule has 0 amide bonds. The van der Waals surface area contributed by atoms with Crippen molar-refractivity contribution in [2.75, 3.05) is 0 Å². The van der Waals surface area contributed by atoms with Crippen molar-refractivity contribution in [3.05, 3.63) is 45.9 Å². The number of nitro benzene ring substituents is 1. The second-order valence-electron chi connectivity index (χ2n) is 3.73. The fraction of sp³-hybridized carbons (Fsp3) is 0.182. The number of halogens is 1. The zero-order valence-electron chi connectivity index (χ0n) is 9.35. The van der Waals surface area contributed by atoms with Crippen molar-refractivity contribution in [1.29, 1.82) is 0 Å². The first kappa shape index (κ1) is 11.3. The van der Waals surface area contributed by atoms with Crippen LogP contribution in [0.4, 0.5) is 10.1 Å². The van der Waals surface area contributed by atoms with Crippen LogP contribution in [0.25, 0.3) is 11.3 Å². The zero-order chi connectivity index (χ0) is 12.6. The quantitative estimate of drug-likeness (QED) is 0.593. The van der Waals surface area contributed by atoms with Gasteiger partial charge in [-0.1, -0.05) is 6.07 Å². The molecule has 0 aliphatic heterocycles. The molecule has 0 fully saturated rings. The molecule has 0 N–H and O–H groups in total. The van der Waals surface area contributed by atoms with Gasteiger partial charge in [0.15, 0.2) is 0 Å². The second-order valence-corrected chi connectivity index (χ2v) is 3.73. The van der Waals surface area contributed by atoms with Crippen LogP contribution in [0.3, 0.4) is 0 Å². The highest BCUT2D eigenvalue weighted by molar-refractivity contribution is 5.66. The molecule has 2 aromatic rings. The van der Waals surface area contributed by atoms with Gasteiger partial charge in [-0.15, -0.1) is 0 Å². The van der Waals surface area contributed by atoms with Gasteiger partial charge in [-0.05, 0) is 18.6 Å². The summed E-state index contributed by atoms with van der Waals surface area (Å²) in [5, 5.41) is 14.7. The molecule has 1 aromatic carbocycles. The molecule has 1 heterocycles. The minimum absolute atomic E-state index is 0.150. The van der Waals surface area contributed by atoms with Gasteiger partial charge in [0.25, 0.3) is 0 Å². The molecule has 5 nitrogen and oxygen atoms in total. The van der Waals surface area contributed by atoms with E-state index >= 15 is 0 Å². The largest absolute Gasteiger partial charge is 0.305 e. The molecule has 17 heavy (non-hydrogen) atoms. The average Bonchev–Trinajstić information content (AvgIpc) is 2.57.